The highest BCUT2D eigenvalue weighted by Gasteiger charge is 1.99. The van der Waals surface area contributed by atoms with Crippen LogP contribution in [0.4, 0.5) is 0 Å². The van der Waals surface area contributed by atoms with Crippen LogP contribution in [0.2, 0.25) is 0 Å². The largest absolute Gasteiger partial charge is 0.463 e. The van der Waals surface area contributed by atoms with E-state index in [1.54, 1.807) is 18.4 Å². The second-order valence-corrected chi connectivity index (χ2v) is 3.36. The molecule has 0 bridgehead atoms. The molecule has 2 rings (SSSR count). The molecule has 1 N–H and O–H groups in total. The average molecular weight is 241 g/mol. The Morgan fingerprint density at radius 2 is 1.94 bits per heavy atom. The molecule has 2 aromatic rings. The zero-order chi connectivity index (χ0) is 12.6. The summed E-state index contributed by atoms with van der Waals surface area (Å²) >= 11 is 0. The Bertz CT molecular complexity index is 557. The third-order valence-corrected chi connectivity index (χ3v) is 2.14. The minimum atomic E-state index is 0.459. The maximum atomic E-state index is 8.60. The zero-order valence-electron chi connectivity index (χ0n) is 9.47. The smallest absolute Gasteiger partial charge is 0.146 e. The Balaban J connectivity index is 2.20. The first-order valence-electron chi connectivity index (χ1n) is 5.27. The fourth-order valence-electron chi connectivity index (χ4n) is 1.33. The van der Waals surface area contributed by atoms with E-state index in [1.807, 2.05) is 30.3 Å². The van der Waals surface area contributed by atoms with Crippen LogP contribution in [-0.2, 0) is 0 Å². The first-order chi connectivity index (χ1) is 8.90. The third-order valence-electron chi connectivity index (χ3n) is 2.14. The van der Waals surface area contributed by atoms with Crippen molar-refractivity contribution >= 4 is 18.1 Å². The lowest BCUT2D eigenvalue weighted by Gasteiger charge is -1.96. The van der Waals surface area contributed by atoms with Crippen molar-refractivity contribution in [1.29, 1.82) is 0 Å². The molecule has 5 heteroatoms. The molecule has 0 aliphatic carbocycles. The van der Waals surface area contributed by atoms with Crippen molar-refractivity contribution in [3.8, 4) is 0 Å². The Labute approximate surface area is 104 Å². The van der Waals surface area contributed by atoms with E-state index in [0.29, 0.717) is 11.5 Å². The summed E-state index contributed by atoms with van der Waals surface area (Å²) in [5.41, 5.74) is 1.27. The van der Waals surface area contributed by atoms with Crippen LogP contribution < -0.4 is 0 Å². The van der Waals surface area contributed by atoms with Gasteiger partial charge in [0.25, 0.3) is 0 Å². The first kappa shape index (κ1) is 11.8. The summed E-state index contributed by atoms with van der Waals surface area (Å²) in [6.45, 7) is 0. The predicted molar refractivity (Wildman–Crippen MR) is 69.6 cm³/mol. The van der Waals surface area contributed by atoms with E-state index in [9.17, 15) is 0 Å². The first-order valence-corrected chi connectivity index (χ1v) is 5.27. The van der Waals surface area contributed by atoms with Crippen molar-refractivity contribution in [2.24, 2.45) is 15.4 Å². The van der Waals surface area contributed by atoms with Gasteiger partial charge in [0, 0.05) is 5.56 Å². The lowest BCUT2D eigenvalue weighted by atomic mass is 10.1. The number of hydrogen-bond acceptors (Lipinski definition) is 5. The Kier molecular flexibility index (Phi) is 4.02. The molecule has 0 fully saturated rings. The average Bonchev–Trinajstić information content (AvgIpc) is 2.92. The van der Waals surface area contributed by atoms with E-state index >= 15 is 0 Å². The van der Waals surface area contributed by atoms with E-state index in [2.05, 4.69) is 15.4 Å². The van der Waals surface area contributed by atoms with Gasteiger partial charge in [-0.25, -0.2) is 0 Å². The summed E-state index contributed by atoms with van der Waals surface area (Å²) in [5.74, 6) is 0.604. The summed E-state index contributed by atoms with van der Waals surface area (Å²) in [6.07, 6.45) is 4.27. The molecule has 0 amide bonds. The number of furan rings is 1. The van der Waals surface area contributed by atoms with Gasteiger partial charge in [0.1, 0.15) is 11.5 Å². The fourth-order valence-corrected chi connectivity index (χ4v) is 1.33. The fraction of sp³-hybridized carbons (Fsp3) is 0. The highest BCUT2D eigenvalue weighted by molar-refractivity contribution is 6.38. The second-order valence-electron chi connectivity index (χ2n) is 3.36. The predicted octanol–water partition coefficient (Wildman–Crippen LogP) is 2.56. The van der Waals surface area contributed by atoms with Gasteiger partial charge >= 0.3 is 0 Å². The summed E-state index contributed by atoms with van der Waals surface area (Å²) in [7, 11) is 0. The number of hydrogen-bond donors (Lipinski definition) is 1. The van der Waals surface area contributed by atoms with Crippen LogP contribution in [-0.4, -0.2) is 23.3 Å². The lowest BCUT2D eigenvalue weighted by Crippen LogP contribution is -2.01. The van der Waals surface area contributed by atoms with Crippen molar-refractivity contribution in [3.63, 3.8) is 0 Å². The Morgan fingerprint density at radius 1 is 1.11 bits per heavy atom. The topological polar surface area (TPSA) is 70.5 Å². The van der Waals surface area contributed by atoms with E-state index in [4.69, 9.17) is 9.62 Å². The van der Waals surface area contributed by atoms with Gasteiger partial charge in [-0.15, -0.1) is 5.10 Å². The molecule has 1 heterocycles. The molecule has 0 aliphatic heterocycles. The van der Waals surface area contributed by atoms with Crippen molar-refractivity contribution in [2.75, 3.05) is 0 Å². The summed E-state index contributed by atoms with van der Waals surface area (Å²) in [4.78, 5) is 0. The van der Waals surface area contributed by atoms with Gasteiger partial charge in [-0.1, -0.05) is 35.5 Å². The van der Waals surface area contributed by atoms with Crippen LogP contribution in [0.1, 0.15) is 11.3 Å². The molecule has 0 aliphatic rings. The Morgan fingerprint density at radius 3 is 2.61 bits per heavy atom. The molecule has 1 aromatic carbocycles. The standard InChI is InChI=1S/C13H11N3O2/c17-15-10-13(11-5-2-1-3-6-11)16-14-9-12-7-4-8-18-12/h1-10,17H/b14-9+,15-10+,16-13+. The molecule has 0 unspecified atom stereocenters. The SMILES string of the molecule is O/N=C/C(=N\N=C\c1ccco1)c1ccccc1. The van der Waals surface area contributed by atoms with Gasteiger partial charge in [0.2, 0.25) is 0 Å². The van der Waals surface area contributed by atoms with E-state index in [1.165, 1.54) is 12.4 Å². The monoisotopic (exact) mass is 241 g/mol. The van der Waals surface area contributed by atoms with Gasteiger partial charge in [-0.3, -0.25) is 0 Å². The van der Waals surface area contributed by atoms with Crippen molar-refractivity contribution in [3.05, 3.63) is 60.1 Å². The molecule has 1 aromatic heterocycles. The molecular weight excluding hydrogens is 230 g/mol. The normalized spacial score (nSPS) is 12.6. The summed E-state index contributed by atoms with van der Waals surface area (Å²) in [5, 5.41) is 19.4. The van der Waals surface area contributed by atoms with Crippen molar-refractivity contribution < 1.29 is 9.62 Å². The third kappa shape index (κ3) is 3.15. The summed E-state index contributed by atoms with van der Waals surface area (Å²) in [6, 6.07) is 12.9. The zero-order valence-corrected chi connectivity index (χ0v) is 9.47. The van der Waals surface area contributed by atoms with Crippen LogP contribution >= 0.6 is 0 Å². The van der Waals surface area contributed by atoms with Gasteiger partial charge in [0.15, 0.2) is 0 Å². The maximum Gasteiger partial charge on any atom is 0.146 e. The van der Waals surface area contributed by atoms with Gasteiger partial charge in [0.05, 0.1) is 18.7 Å². The van der Waals surface area contributed by atoms with Crippen LogP contribution in [0.5, 0.6) is 0 Å². The molecule has 0 atom stereocenters. The molecule has 5 nitrogen and oxygen atoms in total. The summed E-state index contributed by atoms with van der Waals surface area (Å²) < 4.78 is 5.08. The van der Waals surface area contributed by atoms with Crippen LogP contribution in [0.25, 0.3) is 0 Å². The number of oxime groups is 1. The highest BCUT2D eigenvalue weighted by Crippen LogP contribution is 2.01. The van der Waals surface area contributed by atoms with Gasteiger partial charge < -0.3 is 9.62 Å². The second kappa shape index (κ2) is 6.15. The lowest BCUT2D eigenvalue weighted by molar-refractivity contribution is 0.322. The van der Waals surface area contributed by atoms with Crippen LogP contribution in [0.15, 0.2) is 68.5 Å². The maximum absolute atomic E-state index is 8.60. The quantitative estimate of drug-likeness (QED) is 0.507. The van der Waals surface area contributed by atoms with Crippen molar-refractivity contribution in [1.82, 2.24) is 0 Å². The molecule has 90 valence electrons. The van der Waals surface area contributed by atoms with E-state index < -0.39 is 0 Å². The Hall–Kier alpha value is -2.69. The molecule has 0 saturated carbocycles. The minimum Gasteiger partial charge on any atom is -0.463 e. The number of benzene rings is 1. The van der Waals surface area contributed by atoms with E-state index in [0.717, 1.165) is 5.56 Å². The molecule has 0 radical (unpaired) electrons. The van der Waals surface area contributed by atoms with Crippen LogP contribution in [0, 0.1) is 0 Å². The van der Waals surface area contributed by atoms with Crippen LogP contribution in [0.3, 0.4) is 0 Å². The van der Waals surface area contributed by atoms with Crippen molar-refractivity contribution in [2.45, 2.75) is 0 Å². The highest BCUT2D eigenvalue weighted by atomic mass is 16.4. The molecule has 0 spiro atoms. The number of nitrogens with zero attached hydrogens (tertiary/aromatic N) is 3. The molecule has 0 saturated heterocycles. The van der Waals surface area contributed by atoms with Gasteiger partial charge in [-0.2, -0.15) is 5.10 Å². The molecular formula is C13H11N3O2. The van der Waals surface area contributed by atoms with E-state index in [-0.39, 0.29) is 0 Å². The molecule has 18 heavy (non-hydrogen) atoms. The minimum absolute atomic E-state index is 0.459. The van der Waals surface area contributed by atoms with Gasteiger partial charge in [-0.05, 0) is 12.1 Å². The number of rotatable bonds is 4.